The molecule has 8 heteroatoms. The molecule has 0 aliphatic carbocycles. The summed E-state index contributed by atoms with van der Waals surface area (Å²) in [6, 6.07) is 30.5. The summed E-state index contributed by atoms with van der Waals surface area (Å²) < 4.78 is 5.48. The summed E-state index contributed by atoms with van der Waals surface area (Å²) in [5.41, 5.74) is 3.37. The van der Waals surface area contributed by atoms with E-state index < -0.39 is 11.8 Å². The molecule has 0 spiro atoms. The third-order valence-corrected chi connectivity index (χ3v) is 7.13. The van der Waals surface area contributed by atoms with Gasteiger partial charge in [-0.3, -0.25) is 14.4 Å². The van der Waals surface area contributed by atoms with Crippen molar-refractivity contribution in [3.05, 3.63) is 125 Å². The Kier molecular flexibility index (Phi) is 7.47. The Hall–Kier alpha value is -4.82. The summed E-state index contributed by atoms with van der Waals surface area (Å²) in [4.78, 5) is 41.9. The molecule has 0 atom stereocenters. The summed E-state index contributed by atoms with van der Waals surface area (Å²) >= 11 is 1.18. The number of aryl methyl sites for hydroxylation is 1. The molecule has 194 valence electrons. The van der Waals surface area contributed by atoms with Crippen LogP contribution in [-0.4, -0.2) is 24.8 Å². The fraction of sp³-hybridized carbons (Fsp3) is 0.0645. The zero-order valence-corrected chi connectivity index (χ0v) is 22.1. The van der Waals surface area contributed by atoms with E-state index in [0.29, 0.717) is 28.4 Å². The van der Waals surface area contributed by atoms with Crippen LogP contribution in [0.2, 0.25) is 0 Å². The van der Waals surface area contributed by atoms with Crippen molar-refractivity contribution >= 4 is 46.5 Å². The molecule has 5 rings (SSSR count). The second-order valence-electron chi connectivity index (χ2n) is 8.76. The Morgan fingerprint density at radius 1 is 0.821 bits per heavy atom. The quantitative estimate of drug-likeness (QED) is 0.260. The maximum Gasteiger partial charge on any atom is 0.283 e. The highest BCUT2D eigenvalue weighted by Crippen LogP contribution is 2.39. The zero-order chi connectivity index (χ0) is 27.4. The normalized spacial score (nSPS) is 13.0. The van der Waals surface area contributed by atoms with Gasteiger partial charge in [0.15, 0.2) is 0 Å². The number of anilines is 3. The average Bonchev–Trinajstić information content (AvgIpc) is 3.19. The number of rotatable bonds is 8. The average molecular weight is 536 g/mol. The number of hydrogen-bond donors (Lipinski definition) is 2. The van der Waals surface area contributed by atoms with Crippen molar-refractivity contribution in [3.8, 4) is 5.75 Å². The summed E-state index contributed by atoms with van der Waals surface area (Å²) in [5, 5.41) is 6.04. The molecule has 4 aromatic carbocycles. The number of nitrogens with one attached hydrogen (secondary N) is 2. The van der Waals surface area contributed by atoms with Crippen molar-refractivity contribution in [1.29, 1.82) is 0 Å². The number of thioether (sulfide) groups is 1. The van der Waals surface area contributed by atoms with Gasteiger partial charge in [-0.2, -0.15) is 0 Å². The number of amides is 3. The Morgan fingerprint density at radius 2 is 1.49 bits per heavy atom. The molecular formula is C31H25N3O4S. The lowest BCUT2D eigenvalue weighted by Crippen LogP contribution is -2.32. The van der Waals surface area contributed by atoms with Crippen molar-refractivity contribution in [2.75, 3.05) is 22.6 Å². The van der Waals surface area contributed by atoms with Crippen LogP contribution in [0.1, 0.15) is 15.9 Å². The molecule has 2 N–H and O–H groups in total. The van der Waals surface area contributed by atoms with Gasteiger partial charge in [-0.1, -0.05) is 54.2 Å². The second kappa shape index (κ2) is 11.3. The van der Waals surface area contributed by atoms with E-state index in [1.165, 1.54) is 16.7 Å². The minimum Gasteiger partial charge on any atom is -0.495 e. The zero-order valence-electron chi connectivity index (χ0n) is 21.3. The lowest BCUT2D eigenvalue weighted by Gasteiger charge is -2.16. The van der Waals surface area contributed by atoms with E-state index in [-0.39, 0.29) is 16.5 Å². The molecule has 1 aliphatic heterocycles. The van der Waals surface area contributed by atoms with Crippen LogP contribution in [0.25, 0.3) is 0 Å². The fourth-order valence-corrected chi connectivity index (χ4v) is 5.02. The molecule has 7 nitrogen and oxygen atoms in total. The minimum atomic E-state index is -0.455. The SMILES string of the molecule is COc1ccc(C)cc1NC1=C(Sc2ccc(NC(=O)c3ccccc3)cc2)C(=O)N(c2ccccc2)C1=O. The van der Waals surface area contributed by atoms with Gasteiger partial charge in [0, 0.05) is 16.1 Å². The first-order valence-corrected chi connectivity index (χ1v) is 13.0. The molecule has 0 fully saturated rings. The van der Waals surface area contributed by atoms with Gasteiger partial charge in [-0.15, -0.1) is 0 Å². The third kappa shape index (κ3) is 5.56. The number of nitrogens with zero attached hydrogens (tertiary/aromatic N) is 1. The number of carbonyl (C=O) groups excluding carboxylic acids is 3. The van der Waals surface area contributed by atoms with Crippen LogP contribution in [0.4, 0.5) is 17.1 Å². The predicted molar refractivity (Wildman–Crippen MR) is 154 cm³/mol. The molecule has 0 unspecified atom stereocenters. The number of methoxy groups -OCH3 is 1. The number of carbonyl (C=O) groups is 3. The maximum absolute atomic E-state index is 13.6. The first-order chi connectivity index (χ1) is 18.9. The third-order valence-electron chi connectivity index (χ3n) is 6.04. The van der Waals surface area contributed by atoms with E-state index in [4.69, 9.17) is 4.74 Å². The first-order valence-electron chi connectivity index (χ1n) is 12.2. The van der Waals surface area contributed by atoms with Crippen molar-refractivity contribution in [1.82, 2.24) is 0 Å². The lowest BCUT2D eigenvalue weighted by molar-refractivity contribution is -0.120. The van der Waals surface area contributed by atoms with Crippen LogP contribution in [0.5, 0.6) is 5.75 Å². The molecule has 4 aromatic rings. The van der Waals surface area contributed by atoms with Gasteiger partial charge in [0.1, 0.15) is 16.4 Å². The predicted octanol–water partition coefficient (Wildman–Crippen LogP) is 6.25. The van der Waals surface area contributed by atoms with Crippen molar-refractivity contribution < 1.29 is 19.1 Å². The molecule has 0 aromatic heterocycles. The van der Waals surface area contributed by atoms with E-state index >= 15 is 0 Å². The Balaban J connectivity index is 1.44. The fourth-order valence-electron chi connectivity index (χ4n) is 4.10. The number of ether oxygens (including phenoxy) is 1. The number of imide groups is 1. The Labute approximate surface area is 230 Å². The Morgan fingerprint density at radius 3 is 2.15 bits per heavy atom. The van der Waals surface area contributed by atoms with Crippen LogP contribution in [0, 0.1) is 6.92 Å². The second-order valence-corrected chi connectivity index (χ2v) is 9.84. The molecule has 3 amide bonds. The highest BCUT2D eigenvalue weighted by molar-refractivity contribution is 8.04. The molecule has 0 radical (unpaired) electrons. The van der Waals surface area contributed by atoms with Crippen LogP contribution in [0.15, 0.2) is 119 Å². The Bertz CT molecular complexity index is 1570. The van der Waals surface area contributed by atoms with Crippen LogP contribution in [0.3, 0.4) is 0 Å². The van der Waals surface area contributed by atoms with Gasteiger partial charge in [-0.05, 0) is 73.2 Å². The van der Waals surface area contributed by atoms with Gasteiger partial charge < -0.3 is 15.4 Å². The largest absolute Gasteiger partial charge is 0.495 e. The van der Waals surface area contributed by atoms with E-state index in [2.05, 4.69) is 10.6 Å². The van der Waals surface area contributed by atoms with Gasteiger partial charge in [-0.25, -0.2) is 4.90 Å². The van der Waals surface area contributed by atoms with Gasteiger partial charge >= 0.3 is 0 Å². The van der Waals surface area contributed by atoms with Gasteiger partial charge in [0.05, 0.1) is 18.5 Å². The van der Waals surface area contributed by atoms with Crippen LogP contribution >= 0.6 is 11.8 Å². The molecule has 39 heavy (non-hydrogen) atoms. The van der Waals surface area contributed by atoms with E-state index in [0.717, 1.165) is 10.5 Å². The summed E-state index contributed by atoms with van der Waals surface area (Å²) in [7, 11) is 1.55. The summed E-state index contributed by atoms with van der Waals surface area (Å²) in [6.07, 6.45) is 0. The first kappa shape index (κ1) is 25.8. The van der Waals surface area contributed by atoms with Crippen molar-refractivity contribution in [3.63, 3.8) is 0 Å². The molecule has 1 heterocycles. The standard InChI is InChI=1S/C31H25N3O4S/c1-20-13-18-26(38-2)25(19-20)33-27-28(31(37)34(30(27)36)23-11-7-4-8-12-23)39-24-16-14-22(15-17-24)32-29(35)21-9-5-3-6-10-21/h3-19,33H,1-2H3,(H,32,35). The number of para-hydroxylation sites is 1. The van der Waals surface area contributed by atoms with Crippen LogP contribution < -0.4 is 20.3 Å². The summed E-state index contributed by atoms with van der Waals surface area (Å²) in [6.45, 7) is 1.94. The maximum atomic E-state index is 13.6. The van der Waals surface area contributed by atoms with Crippen molar-refractivity contribution in [2.45, 2.75) is 11.8 Å². The molecular weight excluding hydrogens is 510 g/mol. The molecule has 0 saturated carbocycles. The van der Waals surface area contributed by atoms with E-state index in [1.54, 1.807) is 79.9 Å². The van der Waals surface area contributed by atoms with Crippen LogP contribution in [-0.2, 0) is 9.59 Å². The highest BCUT2D eigenvalue weighted by atomic mass is 32.2. The summed E-state index contributed by atoms with van der Waals surface area (Å²) in [5.74, 6) is -0.544. The molecule has 0 saturated heterocycles. The highest BCUT2D eigenvalue weighted by Gasteiger charge is 2.40. The number of hydrogen-bond acceptors (Lipinski definition) is 6. The molecule has 0 bridgehead atoms. The topological polar surface area (TPSA) is 87.7 Å². The van der Waals surface area contributed by atoms with Gasteiger partial charge in [0.2, 0.25) is 0 Å². The smallest absolute Gasteiger partial charge is 0.283 e. The van der Waals surface area contributed by atoms with Gasteiger partial charge in [0.25, 0.3) is 17.7 Å². The monoisotopic (exact) mass is 535 g/mol. The van der Waals surface area contributed by atoms with Crippen molar-refractivity contribution in [2.24, 2.45) is 0 Å². The minimum absolute atomic E-state index is 0.166. The lowest BCUT2D eigenvalue weighted by atomic mass is 10.2. The van der Waals surface area contributed by atoms with E-state index in [9.17, 15) is 14.4 Å². The number of benzene rings is 4. The van der Waals surface area contributed by atoms with E-state index in [1.807, 2.05) is 37.3 Å². The molecule has 1 aliphatic rings.